The highest BCUT2D eigenvalue weighted by molar-refractivity contribution is 14.1. The van der Waals surface area contributed by atoms with E-state index in [1.165, 1.54) is 38.5 Å². The molecule has 0 aliphatic rings. The third-order valence-corrected chi connectivity index (χ3v) is 4.58. The van der Waals surface area contributed by atoms with Crippen LogP contribution in [0.3, 0.4) is 0 Å². The second-order valence-electron chi connectivity index (χ2n) is 4.53. The van der Waals surface area contributed by atoms with Gasteiger partial charge in [-0.3, -0.25) is 0 Å². The quantitative estimate of drug-likeness (QED) is 0.190. The number of halogens is 1. The summed E-state index contributed by atoms with van der Waals surface area (Å²) in [5.41, 5.74) is 0. The molecule has 0 aliphatic heterocycles. The maximum Gasteiger partial charge on any atom is 0.0175 e. The number of hydrogen-bond donors (Lipinski definition) is 0. The van der Waals surface area contributed by atoms with Crippen molar-refractivity contribution in [2.24, 2.45) is 5.92 Å². The van der Waals surface area contributed by atoms with Crippen LogP contribution in [0, 0.1) is 5.92 Å². The number of hydrogen-bond acceptors (Lipinski definition) is 0. The van der Waals surface area contributed by atoms with Gasteiger partial charge in [0.2, 0.25) is 0 Å². The fourth-order valence-electron chi connectivity index (χ4n) is 2.02. The Balaban J connectivity index is 3.74. The Morgan fingerprint density at radius 1 is 1.00 bits per heavy atom. The molecule has 0 amide bonds. The highest BCUT2D eigenvalue weighted by Gasteiger charge is 2.15. The first-order valence-electron chi connectivity index (χ1n) is 6.62. The van der Waals surface area contributed by atoms with E-state index in [9.17, 15) is 0 Å². The average Bonchev–Trinajstić information content (AvgIpc) is 2.27. The van der Waals surface area contributed by atoms with Crippen LogP contribution >= 0.6 is 22.6 Å². The van der Waals surface area contributed by atoms with Gasteiger partial charge in [-0.05, 0) is 25.2 Å². The maximum atomic E-state index is 3.87. The summed E-state index contributed by atoms with van der Waals surface area (Å²) in [6.07, 6.45) is 14.7. The average molecular weight is 334 g/mol. The highest BCUT2D eigenvalue weighted by atomic mass is 127. The Hall–Kier alpha value is 0.210. The summed E-state index contributed by atoms with van der Waals surface area (Å²) in [6.45, 7) is 9.97. The second-order valence-corrected chi connectivity index (χ2v) is 6.13. The van der Waals surface area contributed by atoms with Crippen molar-refractivity contribution in [1.82, 2.24) is 0 Å². The van der Waals surface area contributed by atoms with E-state index in [2.05, 4.69) is 48.7 Å². The molecule has 0 aromatic carbocycles. The van der Waals surface area contributed by atoms with E-state index < -0.39 is 0 Å². The van der Waals surface area contributed by atoms with Gasteiger partial charge in [0.15, 0.2) is 0 Å². The molecule has 0 N–H and O–H groups in total. The van der Waals surface area contributed by atoms with E-state index in [1.807, 2.05) is 6.08 Å². The fourth-order valence-corrected chi connectivity index (χ4v) is 3.03. The summed E-state index contributed by atoms with van der Waals surface area (Å²) in [4.78, 5) is 0. The van der Waals surface area contributed by atoms with Crippen molar-refractivity contribution in [3.8, 4) is 0 Å². The van der Waals surface area contributed by atoms with Crippen LogP contribution in [0.4, 0.5) is 0 Å². The summed E-state index contributed by atoms with van der Waals surface area (Å²) in [6, 6.07) is 0. The van der Waals surface area contributed by atoms with Crippen molar-refractivity contribution < 1.29 is 0 Å². The Labute approximate surface area is 116 Å². The van der Waals surface area contributed by atoms with Gasteiger partial charge >= 0.3 is 0 Å². The molecule has 0 aromatic heterocycles. The van der Waals surface area contributed by atoms with Crippen molar-refractivity contribution in [3.63, 3.8) is 0 Å². The number of alkyl halides is 1. The minimum absolute atomic E-state index is 0.735. The first kappa shape index (κ1) is 16.2. The lowest BCUT2D eigenvalue weighted by molar-refractivity contribution is 0.451. The fraction of sp³-hybridized carbons (Fsp3) is 0.733. The van der Waals surface area contributed by atoms with E-state index >= 15 is 0 Å². The van der Waals surface area contributed by atoms with E-state index in [1.54, 1.807) is 0 Å². The molecule has 1 heteroatoms. The van der Waals surface area contributed by atoms with Crippen LogP contribution in [-0.2, 0) is 0 Å². The molecule has 94 valence electrons. The van der Waals surface area contributed by atoms with Gasteiger partial charge in [0.05, 0.1) is 0 Å². The molecule has 2 unspecified atom stereocenters. The van der Waals surface area contributed by atoms with E-state index in [0.717, 1.165) is 22.7 Å². The molecule has 0 saturated carbocycles. The van der Waals surface area contributed by atoms with E-state index in [-0.39, 0.29) is 0 Å². The lowest BCUT2D eigenvalue weighted by Crippen LogP contribution is -2.13. The molecular weight excluding hydrogens is 307 g/mol. The Kier molecular flexibility index (Phi) is 11.8. The molecule has 0 nitrogen and oxygen atoms in total. The van der Waals surface area contributed by atoms with Gasteiger partial charge < -0.3 is 0 Å². The summed E-state index contributed by atoms with van der Waals surface area (Å²) in [7, 11) is 0. The Bertz CT molecular complexity index is 174. The standard InChI is InChI=1S/C15H27I/c1-4-7-8-9-10-13-14(11-5-2)15(16)12-6-3/h5-6,14-15H,2-4,7-13H2,1H3. The van der Waals surface area contributed by atoms with Gasteiger partial charge in [0.25, 0.3) is 0 Å². The van der Waals surface area contributed by atoms with Crippen molar-refractivity contribution in [2.75, 3.05) is 0 Å². The summed E-state index contributed by atoms with van der Waals surface area (Å²) in [5.74, 6) is 0.803. The van der Waals surface area contributed by atoms with Crippen molar-refractivity contribution in [2.45, 2.75) is 62.2 Å². The minimum atomic E-state index is 0.735. The predicted molar refractivity (Wildman–Crippen MR) is 84.3 cm³/mol. The largest absolute Gasteiger partial charge is 0.103 e. The first-order valence-corrected chi connectivity index (χ1v) is 7.86. The van der Waals surface area contributed by atoms with Crippen LogP contribution in [-0.4, -0.2) is 3.92 Å². The Morgan fingerprint density at radius 3 is 2.19 bits per heavy atom. The maximum absolute atomic E-state index is 3.87. The van der Waals surface area contributed by atoms with E-state index in [0.29, 0.717) is 0 Å². The molecule has 0 aromatic rings. The zero-order chi connectivity index (χ0) is 12.2. The normalized spacial score (nSPS) is 14.4. The van der Waals surface area contributed by atoms with Crippen LogP contribution in [0.1, 0.15) is 58.3 Å². The summed E-state index contributed by atoms with van der Waals surface area (Å²) >= 11 is 2.58. The highest BCUT2D eigenvalue weighted by Crippen LogP contribution is 2.26. The molecule has 0 spiro atoms. The minimum Gasteiger partial charge on any atom is -0.103 e. The van der Waals surface area contributed by atoms with Gasteiger partial charge in [-0.15, -0.1) is 13.2 Å². The molecule has 0 aliphatic carbocycles. The second kappa shape index (κ2) is 11.7. The molecule has 0 rings (SSSR count). The molecule has 0 fully saturated rings. The molecule has 16 heavy (non-hydrogen) atoms. The zero-order valence-electron chi connectivity index (χ0n) is 10.8. The molecule has 2 atom stereocenters. The molecule has 0 radical (unpaired) electrons. The molecular formula is C15H27I. The van der Waals surface area contributed by atoms with Crippen LogP contribution in [0.2, 0.25) is 0 Å². The van der Waals surface area contributed by atoms with E-state index in [4.69, 9.17) is 0 Å². The SMILES string of the molecule is C=CCC(I)C(CC=C)CCCCCCC. The molecule has 0 saturated heterocycles. The molecule has 0 bridgehead atoms. The monoisotopic (exact) mass is 334 g/mol. The van der Waals surface area contributed by atoms with Gasteiger partial charge in [-0.25, -0.2) is 0 Å². The van der Waals surface area contributed by atoms with Gasteiger partial charge in [0.1, 0.15) is 0 Å². The zero-order valence-corrected chi connectivity index (χ0v) is 12.9. The third-order valence-electron chi connectivity index (χ3n) is 3.05. The molecule has 0 heterocycles. The van der Waals surface area contributed by atoms with Crippen molar-refractivity contribution in [3.05, 3.63) is 25.3 Å². The smallest absolute Gasteiger partial charge is 0.0175 e. The van der Waals surface area contributed by atoms with Crippen molar-refractivity contribution in [1.29, 1.82) is 0 Å². The first-order chi connectivity index (χ1) is 7.76. The van der Waals surface area contributed by atoms with Gasteiger partial charge in [0, 0.05) is 3.92 Å². The number of allylic oxidation sites excluding steroid dienone is 2. The topological polar surface area (TPSA) is 0 Å². The van der Waals surface area contributed by atoms with Crippen LogP contribution in [0.15, 0.2) is 25.3 Å². The number of unbranched alkanes of at least 4 members (excludes halogenated alkanes) is 4. The third kappa shape index (κ3) is 8.37. The lowest BCUT2D eigenvalue weighted by atomic mass is 9.93. The van der Waals surface area contributed by atoms with Crippen LogP contribution in [0.25, 0.3) is 0 Å². The van der Waals surface area contributed by atoms with Crippen molar-refractivity contribution >= 4 is 22.6 Å². The predicted octanol–water partition coefficient (Wildman–Crippen LogP) is 5.92. The summed E-state index contributed by atoms with van der Waals surface area (Å²) in [5, 5.41) is 0. The Morgan fingerprint density at radius 2 is 1.62 bits per heavy atom. The van der Waals surface area contributed by atoms with Crippen LogP contribution < -0.4 is 0 Å². The van der Waals surface area contributed by atoms with Crippen LogP contribution in [0.5, 0.6) is 0 Å². The number of rotatable bonds is 11. The summed E-state index contributed by atoms with van der Waals surface area (Å²) < 4.78 is 0.735. The van der Waals surface area contributed by atoms with Gasteiger partial charge in [-0.1, -0.05) is 73.8 Å². The van der Waals surface area contributed by atoms with Gasteiger partial charge in [-0.2, -0.15) is 0 Å². The lowest BCUT2D eigenvalue weighted by Gasteiger charge is -2.20.